The average Bonchev–Trinajstić information content (AvgIpc) is 2.93. The smallest absolute Gasteiger partial charge is 0.161 e. The highest BCUT2D eigenvalue weighted by molar-refractivity contribution is 7.09. The van der Waals surface area contributed by atoms with Crippen molar-refractivity contribution < 1.29 is 0 Å². The zero-order valence-corrected chi connectivity index (χ0v) is 12.9. The molecule has 2 rings (SSSR count). The van der Waals surface area contributed by atoms with Gasteiger partial charge in [-0.25, -0.2) is 9.97 Å². The summed E-state index contributed by atoms with van der Waals surface area (Å²) in [5.41, 5.74) is 0.268. The fourth-order valence-electron chi connectivity index (χ4n) is 1.90. The molecular weight excluding hydrogens is 292 g/mol. The second kappa shape index (κ2) is 6.69. The maximum absolute atomic E-state index is 9.02. The normalized spacial score (nSPS) is 10.6. The predicted molar refractivity (Wildman–Crippen MR) is 82.3 cm³/mol. The van der Waals surface area contributed by atoms with Crippen LogP contribution in [0.3, 0.4) is 0 Å². The quantitative estimate of drug-likeness (QED) is 0.848. The van der Waals surface area contributed by atoms with Crippen LogP contribution in [0.2, 0.25) is 5.02 Å². The number of halogens is 1. The molecule has 0 radical (unpaired) electrons. The van der Waals surface area contributed by atoms with Gasteiger partial charge in [0.05, 0.1) is 10.0 Å². The molecule has 0 aliphatic carbocycles. The van der Waals surface area contributed by atoms with Crippen LogP contribution in [0, 0.1) is 11.3 Å². The highest BCUT2D eigenvalue weighted by atomic mass is 35.5. The molecule has 0 fully saturated rings. The van der Waals surface area contributed by atoms with Crippen molar-refractivity contribution in [3.8, 4) is 6.07 Å². The summed E-state index contributed by atoms with van der Waals surface area (Å²) in [4.78, 5) is 10.8. The molecule has 2 heterocycles. The van der Waals surface area contributed by atoms with E-state index in [1.807, 2.05) is 23.7 Å². The molecule has 0 bridgehead atoms. The van der Waals surface area contributed by atoms with Crippen molar-refractivity contribution in [3.05, 3.63) is 39.4 Å². The number of nitriles is 1. The van der Waals surface area contributed by atoms with Gasteiger partial charge in [-0.2, -0.15) is 5.26 Å². The Balaban J connectivity index is 2.18. The lowest BCUT2D eigenvalue weighted by molar-refractivity contribution is 0.668. The van der Waals surface area contributed by atoms with E-state index in [0.29, 0.717) is 5.02 Å². The molecule has 4 nitrogen and oxygen atoms in total. The maximum atomic E-state index is 9.02. The van der Waals surface area contributed by atoms with Gasteiger partial charge in [0.25, 0.3) is 0 Å². The summed E-state index contributed by atoms with van der Waals surface area (Å²) in [5.74, 6) is 0.775. The number of anilines is 1. The van der Waals surface area contributed by atoms with Crippen molar-refractivity contribution in [1.82, 2.24) is 9.97 Å². The van der Waals surface area contributed by atoms with Crippen molar-refractivity contribution in [2.24, 2.45) is 0 Å². The molecule has 0 saturated carbocycles. The van der Waals surface area contributed by atoms with E-state index in [4.69, 9.17) is 16.9 Å². The van der Waals surface area contributed by atoms with Crippen molar-refractivity contribution >= 4 is 28.8 Å². The predicted octanol–water partition coefficient (Wildman–Crippen LogP) is 3.52. The summed E-state index contributed by atoms with van der Waals surface area (Å²) in [5, 5.41) is 12.5. The van der Waals surface area contributed by atoms with Gasteiger partial charge >= 0.3 is 0 Å². The lowest BCUT2D eigenvalue weighted by Crippen LogP contribution is -2.33. The Hall–Kier alpha value is -1.64. The van der Waals surface area contributed by atoms with E-state index in [-0.39, 0.29) is 11.7 Å². The first kappa shape index (κ1) is 14.8. The van der Waals surface area contributed by atoms with Crippen molar-refractivity contribution in [2.75, 3.05) is 11.4 Å². The van der Waals surface area contributed by atoms with Gasteiger partial charge in [-0.1, -0.05) is 11.6 Å². The number of thiazole rings is 1. The highest BCUT2D eigenvalue weighted by Gasteiger charge is 2.14. The summed E-state index contributed by atoms with van der Waals surface area (Å²) in [6, 6.07) is 5.88. The van der Waals surface area contributed by atoms with Gasteiger partial charge in [0.15, 0.2) is 5.69 Å². The molecular formula is C14H15ClN4S. The fraction of sp³-hybridized carbons (Fsp3) is 0.357. The minimum Gasteiger partial charge on any atom is -0.354 e. The van der Waals surface area contributed by atoms with Crippen molar-refractivity contribution in [3.63, 3.8) is 0 Å². The van der Waals surface area contributed by atoms with E-state index < -0.39 is 0 Å². The van der Waals surface area contributed by atoms with Crippen LogP contribution in [-0.2, 0) is 6.42 Å². The summed E-state index contributed by atoms with van der Waals surface area (Å²) in [7, 11) is 0. The minimum atomic E-state index is 0.268. The van der Waals surface area contributed by atoms with Crippen LogP contribution in [-0.4, -0.2) is 22.6 Å². The summed E-state index contributed by atoms with van der Waals surface area (Å²) in [6.07, 6.45) is 2.68. The first-order valence-electron chi connectivity index (χ1n) is 6.33. The Labute approximate surface area is 127 Å². The van der Waals surface area contributed by atoms with E-state index in [1.54, 1.807) is 17.4 Å². The van der Waals surface area contributed by atoms with Crippen LogP contribution in [0.4, 0.5) is 5.82 Å². The number of hydrogen-bond donors (Lipinski definition) is 0. The lowest BCUT2D eigenvalue weighted by atomic mass is 10.2. The topological polar surface area (TPSA) is 52.8 Å². The number of pyridine rings is 1. The SMILES string of the molecule is CC(C)N(CCc1nccs1)c1ccc(Cl)c(C#N)n1. The first-order chi connectivity index (χ1) is 9.61. The van der Waals surface area contributed by atoms with Gasteiger partial charge in [0.1, 0.15) is 11.9 Å². The van der Waals surface area contributed by atoms with Gasteiger partial charge in [-0.15, -0.1) is 11.3 Å². The molecule has 2 aromatic rings. The largest absolute Gasteiger partial charge is 0.354 e. The maximum Gasteiger partial charge on any atom is 0.161 e. The van der Waals surface area contributed by atoms with E-state index in [9.17, 15) is 0 Å². The Kier molecular flexibility index (Phi) is 4.94. The standard InChI is InChI=1S/C14H15ClN4S/c1-10(2)19(7-5-14-17-6-8-20-14)13-4-3-11(15)12(9-16)18-13/h3-4,6,8,10H,5,7H2,1-2H3. The molecule has 0 aromatic carbocycles. The molecule has 2 aromatic heterocycles. The fourth-order valence-corrected chi connectivity index (χ4v) is 2.66. The number of rotatable bonds is 5. The van der Waals surface area contributed by atoms with Crippen molar-refractivity contribution in [1.29, 1.82) is 5.26 Å². The first-order valence-corrected chi connectivity index (χ1v) is 7.59. The minimum absolute atomic E-state index is 0.268. The van der Waals surface area contributed by atoms with Gasteiger partial charge in [0.2, 0.25) is 0 Å². The zero-order chi connectivity index (χ0) is 14.5. The molecule has 0 spiro atoms. The van der Waals surface area contributed by atoms with Gasteiger partial charge in [-0.05, 0) is 26.0 Å². The van der Waals surface area contributed by atoms with Gasteiger partial charge in [-0.3, -0.25) is 0 Å². The van der Waals surface area contributed by atoms with Crippen LogP contribution < -0.4 is 4.90 Å². The van der Waals surface area contributed by atoms with Crippen LogP contribution in [0.5, 0.6) is 0 Å². The molecule has 20 heavy (non-hydrogen) atoms. The average molecular weight is 307 g/mol. The van der Waals surface area contributed by atoms with Gasteiger partial charge in [0, 0.05) is 30.6 Å². The second-order valence-electron chi connectivity index (χ2n) is 4.57. The van der Waals surface area contributed by atoms with Crippen LogP contribution >= 0.6 is 22.9 Å². The van der Waals surface area contributed by atoms with Crippen LogP contribution in [0.25, 0.3) is 0 Å². The molecule has 0 aliphatic rings. The third-order valence-corrected chi connectivity index (χ3v) is 4.05. The number of hydrogen-bond acceptors (Lipinski definition) is 5. The molecule has 0 unspecified atom stereocenters. The number of nitrogens with zero attached hydrogens (tertiary/aromatic N) is 4. The molecule has 0 N–H and O–H groups in total. The molecule has 104 valence electrons. The van der Waals surface area contributed by atoms with E-state index in [0.717, 1.165) is 23.8 Å². The van der Waals surface area contributed by atoms with E-state index >= 15 is 0 Å². The third kappa shape index (κ3) is 3.47. The molecule has 0 aliphatic heterocycles. The zero-order valence-electron chi connectivity index (χ0n) is 11.4. The Morgan fingerprint density at radius 1 is 1.45 bits per heavy atom. The van der Waals surface area contributed by atoms with E-state index in [2.05, 4.69) is 28.7 Å². The van der Waals surface area contributed by atoms with Crippen LogP contribution in [0.1, 0.15) is 24.5 Å². The monoisotopic (exact) mass is 306 g/mol. The Morgan fingerprint density at radius 3 is 2.85 bits per heavy atom. The molecule has 0 atom stereocenters. The molecule has 0 saturated heterocycles. The van der Waals surface area contributed by atoms with E-state index in [1.165, 1.54) is 0 Å². The molecule has 0 amide bonds. The Bertz CT molecular complexity index is 604. The Morgan fingerprint density at radius 2 is 2.25 bits per heavy atom. The van der Waals surface area contributed by atoms with Gasteiger partial charge < -0.3 is 4.90 Å². The highest BCUT2D eigenvalue weighted by Crippen LogP contribution is 2.21. The third-order valence-electron chi connectivity index (χ3n) is 2.90. The van der Waals surface area contributed by atoms with Crippen LogP contribution in [0.15, 0.2) is 23.7 Å². The summed E-state index contributed by atoms with van der Waals surface area (Å²) in [6.45, 7) is 5.01. The second-order valence-corrected chi connectivity index (χ2v) is 5.96. The molecule has 6 heteroatoms. The summed E-state index contributed by atoms with van der Waals surface area (Å²) < 4.78 is 0. The number of aromatic nitrogens is 2. The lowest BCUT2D eigenvalue weighted by Gasteiger charge is -2.27. The summed E-state index contributed by atoms with van der Waals surface area (Å²) >= 11 is 7.58. The van der Waals surface area contributed by atoms with Crippen molar-refractivity contribution in [2.45, 2.75) is 26.3 Å².